The van der Waals surface area contributed by atoms with Gasteiger partial charge in [-0.15, -0.1) is 0 Å². The molecule has 1 saturated heterocycles. The highest BCUT2D eigenvalue weighted by molar-refractivity contribution is 7.89. The summed E-state index contributed by atoms with van der Waals surface area (Å²) in [5.74, 6) is 0.226. The lowest BCUT2D eigenvalue weighted by Crippen LogP contribution is -2.38. The third kappa shape index (κ3) is 6.35. The molecule has 6 heteroatoms. The zero-order valence-corrected chi connectivity index (χ0v) is 11.7. The molecule has 0 aliphatic carbocycles. The van der Waals surface area contributed by atoms with Crippen LogP contribution in [0.4, 0.5) is 0 Å². The molecule has 0 spiro atoms. The van der Waals surface area contributed by atoms with Crippen LogP contribution in [0.5, 0.6) is 0 Å². The summed E-state index contributed by atoms with van der Waals surface area (Å²) in [6.07, 6.45) is 2.68. The van der Waals surface area contributed by atoms with Crippen molar-refractivity contribution in [1.29, 1.82) is 0 Å². The molecule has 2 N–H and O–H groups in total. The largest absolute Gasteiger partial charge is 0.317 e. The number of likely N-dealkylation sites (tertiary alicyclic amines) is 1. The van der Waals surface area contributed by atoms with Crippen LogP contribution in [0, 0.1) is 0 Å². The number of sulfonamides is 1. The smallest absolute Gasteiger partial charge is 0.211 e. The molecule has 0 aromatic rings. The van der Waals surface area contributed by atoms with Crippen molar-refractivity contribution in [2.24, 2.45) is 0 Å². The second kappa shape index (κ2) is 7.31. The highest BCUT2D eigenvalue weighted by Gasteiger charge is 2.23. The molecule has 5 nitrogen and oxygen atoms in total. The second-order valence-corrected chi connectivity index (χ2v) is 6.66. The van der Waals surface area contributed by atoms with Crippen LogP contribution in [0.1, 0.15) is 26.2 Å². The van der Waals surface area contributed by atoms with E-state index in [1.54, 1.807) is 0 Å². The maximum Gasteiger partial charge on any atom is 0.211 e. The van der Waals surface area contributed by atoms with Gasteiger partial charge in [-0.1, -0.05) is 6.92 Å². The van der Waals surface area contributed by atoms with Gasteiger partial charge < -0.3 is 10.2 Å². The zero-order chi connectivity index (χ0) is 12.7. The lowest BCUT2D eigenvalue weighted by Gasteiger charge is -2.13. The summed E-state index contributed by atoms with van der Waals surface area (Å²) in [4.78, 5) is 2.15. The number of hydrogen-bond donors (Lipinski definition) is 2. The Morgan fingerprint density at radius 3 is 2.71 bits per heavy atom. The fourth-order valence-electron chi connectivity index (χ4n) is 2.03. The van der Waals surface area contributed by atoms with Gasteiger partial charge in [-0.25, -0.2) is 13.1 Å². The van der Waals surface area contributed by atoms with Crippen molar-refractivity contribution in [3.63, 3.8) is 0 Å². The van der Waals surface area contributed by atoms with Crippen LogP contribution >= 0.6 is 0 Å². The van der Waals surface area contributed by atoms with Crippen molar-refractivity contribution < 1.29 is 8.42 Å². The Bertz CT molecular complexity index is 306. The van der Waals surface area contributed by atoms with E-state index in [-0.39, 0.29) is 11.8 Å². The number of nitrogens with zero attached hydrogens (tertiary/aromatic N) is 1. The molecule has 0 aromatic heterocycles. The van der Waals surface area contributed by atoms with Crippen LogP contribution in [0.25, 0.3) is 0 Å². The molecule has 1 aliphatic heterocycles. The predicted molar refractivity (Wildman–Crippen MR) is 70.6 cm³/mol. The van der Waals surface area contributed by atoms with Crippen molar-refractivity contribution in [3.8, 4) is 0 Å². The van der Waals surface area contributed by atoms with Gasteiger partial charge in [0.15, 0.2) is 0 Å². The van der Waals surface area contributed by atoms with Crippen molar-refractivity contribution >= 4 is 10.0 Å². The summed E-state index contributed by atoms with van der Waals surface area (Å²) in [5.41, 5.74) is 0. The molecule has 0 amide bonds. The molecule has 1 heterocycles. The molecule has 1 aliphatic rings. The average molecular weight is 263 g/mol. The van der Waals surface area contributed by atoms with E-state index in [0.29, 0.717) is 6.42 Å². The first kappa shape index (κ1) is 14.9. The van der Waals surface area contributed by atoms with Crippen LogP contribution in [-0.4, -0.2) is 58.3 Å². The van der Waals surface area contributed by atoms with Crippen molar-refractivity contribution in [2.45, 2.75) is 32.2 Å². The van der Waals surface area contributed by atoms with E-state index in [2.05, 4.69) is 21.9 Å². The Morgan fingerprint density at radius 1 is 1.35 bits per heavy atom. The van der Waals surface area contributed by atoms with Crippen LogP contribution in [0.15, 0.2) is 0 Å². The topological polar surface area (TPSA) is 61.4 Å². The maximum atomic E-state index is 11.8. The molecule has 1 fully saturated rings. The Labute approximate surface area is 105 Å². The Kier molecular flexibility index (Phi) is 6.40. The number of hydrogen-bond acceptors (Lipinski definition) is 4. The quantitative estimate of drug-likeness (QED) is 0.605. The van der Waals surface area contributed by atoms with Crippen molar-refractivity contribution in [1.82, 2.24) is 14.9 Å². The van der Waals surface area contributed by atoms with E-state index < -0.39 is 10.0 Å². The number of rotatable bonds is 8. The Hall–Kier alpha value is -0.170. The number of nitrogens with one attached hydrogen (secondary N) is 2. The predicted octanol–water partition coefficient (Wildman–Crippen LogP) is -0.000400. The molecule has 102 valence electrons. The summed E-state index contributed by atoms with van der Waals surface area (Å²) in [7, 11) is -1.08. The summed E-state index contributed by atoms with van der Waals surface area (Å²) >= 11 is 0. The van der Waals surface area contributed by atoms with Gasteiger partial charge in [0.1, 0.15) is 0 Å². The van der Waals surface area contributed by atoms with E-state index in [0.717, 1.165) is 39.0 Å². The lowest BCUT2D eigenvalue weighted by atomic mass is 10.3. The van der Waals surface area contributed by atoms with Crippen LogP contribution < -0.4 is 10.0 Å². The molecule has 0 bridgehead atoms. The molecule has 0 aromatic carbocycles. The summed E-state index contributed by atoms with van der Waals surface area (Å²) in [6.45, 7) is 5.64. The summed E-state index contributed by atoms with van der Waals surface area (Å²) in [6, 6.07) is 0.105. The molecule has 1 rings (SSSR count). The van der Waals surface area contributed by atoms with E-state index in [1.165, 1.54) is 0 Å². The molecule has 0 saturated carbocycles. The van der Waals surface area contributed by atoms with Crippen LogP contribution in [0.2, 0.25) is 0 Å². The van der Waals surface area contributed by atoms with E-state index in [9.17, 15) is 8.42 Å². The van der Waals surface area contributed by atoms with Gasteiger partial charge in [0, 0.05) is 12.6 Å². The van der Waals surface area contributed by atoms with Gasteiger partial charge in [-0.2, -0.15) is 0 Å². The monoisotopic (exact) mass is 263 g/mol. The molecule has 0 radical (unpaired) electrons. The van der Waals surface area contributed by atoms with Gasteiger partial charge in [-0.3, -0.25) is 0 Å². The second-order valence-electron chi connectivity index (χ2n) is 4.79. The molecule has 1 atom stereocenters. The molecular formula is C11H25N3O2S. The maximum absolute atomic E-state index is 11.8. The van der Waals surface area contributed by atoms with E-state index >= 15 is 0 Å². The SMILES string of the molecule is CCCNCCCS(=O)(=O)NC1CCN(C)C1. The fraction of sp³-hybridized carbons (Fsp3) is 1.00. The highest BCUT2D eigenvalue weighted by Crippen LogP contribution is 2.07. The lowest BCUT2D eigenvalue weighted by molar-refractivity contribution is 0.407. The first-order valence-electron chi connectivity index (χ1n) is 6.43. The van der Waals surface area contributed by atoms with Crippen LogP contribution in [0.3, 0.4) is 0 Å². The van der Waals surface area contributed by atoms with Crippen molar-refractivity contribution in [3.05, 3.63) is 0 Å². The Balaban J connectivity index is 2.17. The van der Waals surface area contributed by atoms with Crippen molar-refractivity contribution in [2.75, 3.05) is 39.0 Å². The van der Waals surface area contributed by atoms with Gasteiger partial charge in [-0.05, 0) is 45.9 Å². The molecular weight excluding hydrogens is 238 g/mol. The Morgan fingerprint density at radius 2 is 2.12 bits per heavy atom. The van der Waals surface area contributed by atoms with Gasteiger partial charge in [0.05, 0.1) is 5.75 Å². The summed E-state index contributed by atoms with van der Waals surface area (Å²) in [5, 5.41) is 3.21. The van der Waals surface area contributed by atoms with E-state index in [1.807, 2.05) is 7.05 Å². The first-order chi connectivity index (χ1) is 8.03. The zero-order valence-electron chi connectivity index (χ0n) is 10.9. The van der Waals surface area contributed by atoms with Gasteiger partial charge >= 0.3 is 0 Å². The van der Waals surface area contributed by atoms with Gasteiger partial charge in [0.25, 0.3) is 0 Å². The van der Waals surface area contributed by atoms with E-state index in [4.69, 9.17) is 0 Å². The minimum atomic E-state index is -3.09. The fourth-order valence-corrected chi connectivity index (χ4v) is 3.38. The standard InChI is InChI=1S/C11H25N3O2S/c1-3-6-12-7-4-9-17(15,16)13-11-5-8-14(2)10-11/h11-13H,3-10H2,1-2H3. The summed E-state index contributed by atoms with van der Waals surface area (Å²) < 4.78 is 26.3. The van der Waals surface area contributed by atoms with Crippen LogP contribution in [-0.2, 0) is 10.0 Å². The first-order valence-corrected chi connectivity index (χ1v) is 8.08. The third-order valence-corrected chi connectivity index (χ3v) is 4.45. The highest BCUT2D eigenvalue weighted by atomic mass is 32.2. The minimum absolute atomic E-state index is 0.105. The molecule has 17 heavy (non-hydrogen) atoms. The normalized spacial score (nSPS) is 22.1. The minimum Gasteiger partial charge on any atom is -0.317 e. The molecule has 1 unspecified atom stereocenters. The number of likely N-dealkylation sites (N-methyl/N-ethyl adjacent to an activating group) is 1. The third-order valence-electron chi connectivity index (χ3n) is 2.93. The average Bonchev–Trinajstić information content (AvgIpc) is 2.62. The van der Waals surface area contributed by atoms with Gasteiger partial charge in [0.2, 0.25) is 10.0 Å².